The van der Waals surface area contributed by atoms with E-state index in [9.17, 15) is 5.11 Å². The zero-order valence-corrected chi connectivity index (χ0v) is 6.73. The van der Waals surface area contributed by atoms with Crippen molar-refractivity contribution in [2.75, 3.05) is 13.7 Å². The Labute approximate surface area is 68.7 Å². The summed E-state index contributed by atoms with van der Waals surface area (Å²) in [6.45, 7) is 0.574. The van der Waals surface area contributed by atoms with Crippen LogP contribution in [-0.4, -0.2) is 32.8 Å². The van der Waals surface area contributed by atoms with E-state index in [0.717, 1.165) is 0 Å². The zero-order valence-electron chi connectivity index (χ0n) is 6.73. The molecule has 0 amide bonds. The second-order valence-corrected chi connectivity index (χ2v) is 2.97. The summed E-state index contributed by atoms with van der Waals surface area (Å²) in [5.41, 5.74) is 0. The fourth-order valence-corrected chi connectivity index (χ4v) is 1.30. The maximum atomic E-state index is 9.46. The largest absolute Gasteiger partial charge is 0.392 e. The number of hydrogen-bond acceptors (Lipinski definition) is 2. The SMILES string of the molecule is [B]C1C=CC(COC)C(O)C1. The normalized spacial score (nSPS) is 37.5. The summed E-state index contributed by atoms with van der Waals surface area (Å²) in [6.07, 6.45) is 4.17. The van der Waals surface area contributed by atoms with Crippen molar-refractivity contribution in [3.8, 4) is 0 Å². The molecule has 3 unspecified atom stereocenters. The van der Waals surface area contributed by atoms with E-state index < -0.39 is 0 Å². The number of ether oxygens (including phenoxy) is 1. The summed E-state index contributed by atoms with van der Waals surface area (Å²) in [5, 5.41) is 9.46. The van der Waals surface area contributed by atoms with Gasteiger partial charge in [0.2, 0.25) is 0 Å². The summed E-state index contributed by atoms with van der Waals surface area (Å²) < 4.78 is 4.93. The maximum absolute atomic E-state index is 9.46. The summed E-state index contributed by atoms with van der Waals surface area (Å²) >= 11 is 0. The van der Waals surface area contributed by atoms with Gasteiger partial charge in [-0.1, -0.05) is 18.0 Å². The van der Waals surface area contributed by atoms with Crippen LogP contribution in [0.5, 0.6) is 0 Å². The molecule has 0 aromatic rings. The van der Waals surface area contributed by atoms with Crippen LogP contribution in [0.15, 0.2) is 12.2 Å². The Morgan fingerprint density at radius 3 is 2.91 bits per heavy atom. The quantitative estimate of drug-likeness (QED) is 0.461. The van der Waals surface area contributed by atoms with Crippen LogP contribution in [0.2, 0.25) is 5.82 Å². The van der Waals surface area contributed by atoms with Crippen LogP contribution in [-0.2, 0) is 4.74 Å². The van der Waals surface area contributed by atoms with Crippen molar-refractivity contribution in [3.63, 3.8) is 0 Å². The fraction of sp³-hybridized carbons (Fsp3) is 0.750. The lowest BCUT2D eigenvalue weighted by molar-refractivity contribution is 0.0619. The number of aliphatic hydroxyl groups excluding tert-OH is 1. The Kier molecular flexibility index (Phi) is 3.15. The number of hydrogen-bond donors (Lipinski definition) is 1. The molecule has 3 heteroatoms. The molecule has 0 bridgehead atoms. The van der Waals surface area contributed by atoms with Crippen molar-refractivity contribution in [1.82, 2.24) is 0 Å². The molecule has 0 saturated heterocycles. The highest BCUT2D eigenvalue weighted by atomic mass is 16.5. The van der Waals surface area contributed by atoms with Gasteiger partial charge in [-0.25, -0.2) is 0 Å². The standard InChI is InChI=1S/C8H13BO2/c1-11-5-6-2-3-7(9)4-8(6)10/h2-3,6-8,10H,4-5H2,1H3. The van der Waals surface area contributed by atoms with Crippen LogP contribution >= 0.6 is 0 Å². The van der Waals surface area contributed by atoms with Gasteiger partial charge >= 0.3 is 0 Å². The Morgan fingerprint density at radius 1 is 1.64 bits per heavy atom. The predicted octanol–water partition coefficient (Wildman–Crippen LogP) is 0.527. The summed E-state index contributed by atoms with van der Waals surface area (Å²) in [6, 6.07) is 0. The molecule has 1 aliphatic rings. The highest BCUT2D eigenvalue weighted by Gasteiger charge is 2.21. The Morgan fingerprint density at radius 2 is 2.36 bits per heavy atom. The number of rotatable bonds is 2. The predicted molar refractivity (Wildman–Crippen MR) is 44.6 cm³/mol. The van der Waals surface area contributed by atoms with Crippen molar-refractivity contribution in [1.29, 1.82) is 0 Å². The molecule has 0 heterocycles. The highest BCUT2D eigenvalue weighted by Crippen LogP contribution is 2.24. The maximum Gasteiger partial charge on any atom is 0.0756 e. The first-order valence-corrected chi connectivity index (χ1v) is 3.85. The molecule has 0 aliphatic heterocycles. The van der Waals surface area contributed by atoms with Gasteiger partial charge in [0.25, 0.3) is 0 Å². The third-order valence-electron chi connectivity index (χ3n) is 1.97. The van der Waals surface area contributed by atoms with Crippen LogP contribution in [0.4, 0.5) is 0 Å². The van der Waals surface area contributed by atoms with Crippen LogP contribution in [0.3, 0.4) is 0 Å². The van der Waals surface area contributed by atoms with Crippen molar-refractivity contribution in [3.05, 3.63) is 12.2 Å². The molecule has 11 heavy (non-hydrogen) atoms. The van der Waals surface area contributed by atoms with Gasteiger partial charge in [0.1, 0.15) is 0 Å². The van der Waals surface area contributed by atoms with Gasteiger partial charge in [-0.3, -0.25) is 0 Å². The van der Waals surface area contributed by atoms with Gasteiger partial charge < -0.3 is 9.84 Å². The van der Waals surface area contributed by atoms with Gasteiger partial charge in [-0.05, 0) is 6.42 Å². The first-order valence-electron chi connectivity index (χ1n) is 3.85. The second-order valence-electron chi connectivity index (χ2n) is 2.97. The van der Waals surface area contributed by atoms with Crippen molar-refractivity contribution >= 4 is 7.85 Å². The molecule has 2 radical (unpaired) electrons. The van der Waals surface area contributed by atoms with Crippen LogP contribution in [0, 0.1) is 5.92 Å². The van der Waals surface area contributed by atoms with E-state index in [4.69, 9.17) is 12.6 Å². The molecule has 0 fully saturated rings. The Bertz CT molecular complexity index is 147. The zero-order chi connectivity index (χ0) is 8.27. The lowest BCUT2D eigenvalue weighted by Crippen LogP contribution is -2.27. The molecule has 0 spiro atoms. The molecule has 60 valence electrons. The lowest BCUT2D eigenvalue weighted by atomic mass is 9.75. The van der Waals surface area contributed by atoms with Crippen LogP contribution in [0.1, 0.15) is 6.42 Å². The Hall–Kier alpha value is -0.275. The van der Waals surface area contributed by atoms with Gasteiger partial charge in [0.05, 0.1) is 20.6 Å². The second kappa shape index (κ2) is 3.93. The molecule has 0 aromatic heterocycles. The van der Waals surface area contributed by atoms with Crippen LogP contribution < -0.4 is 0 Å². The fourth-order valence-electron chi connectivity index (χ4n) is 1.30. The average molecular weight is 152 g/mol. The minimum absolute atomic E-state index is 0.0121. The van der Waals surface area contributed by atoms with E-state index in [1.165, 1.54) is 0 Å². The third kappa shape index (κ3) is 2.35. The van der Waals surface area contributed by atoms with E-state index in [0.29, 0.717) is 13.0 Å². The molecule has 2 nitrogen and oxygen atoms in total. The van der Waals surface area contributed by atoms with Gasteiger partial charge in [0.15, 0.2) is 0 Å². The monoisotopic (exact) mass is 152 g/mol. The number of methoxy groups -OCH3 is 1. The molecule has 1 N–H and O–H groups in total. The van der Waals surface area contributed by atoms with Crippen molar-refractivity contribution in [2.24, 2.45) is 5.92 Å². The highest BCUT2D eigenvalue weighted by molar-refractivity contribution is 6.13. The minimum Gasteiger partial charge on any atom is -0.392 e. The van der Waals surface area contributed by atoms with Crippen LogP contribution in [0.25, 0.3) is 0 Å². The minimum atomic E-state index is -0.338. The Balaban J connectivity index is 2.46. The smallest absolute Gasteiger partial charge is 0.0756 e. The van der Waals surface area contributed by atoms with Crippen molar-refractivity contribution in [2.45, 2.75) is 18.3 Å². The van der Waals surface area contributed by atoms with Gasteiger partial charge in [-0.15, -0.1) is 0 Å². The average Bonchev–Trinajstić information content (AvgIpc) is 1.95. The third-order valence-corrected chi connectivity index (χ3v) is 1.97. The van der Waals surface area contributed by atoms with E-state index in [1.54, 1.807) is 7.11 Å². The summed E-state index contributed by atoms with van der Waals surface area (Å²) in [5.74, 6) is 0.137. The number of aliphatic hydroxyl groups is 1. The molecule has 1 rings (SSSR count). The number of allylic oxidation sites excluding steroid dienone is 1. The molecule has 3 atom stereocenters. The van der Waals surface area contributed by atoms with Crippen molar-refractivity contribution < 1.29 is 9.84 Å². The van der Waals surface area contributed by atoms with Gasteiger partial charge in [0, 0.05) is 13.0 Å². The molecule has 1 aliphatic carbocycles. The van der Waals surface area contributed by atoms with E-state index in [1.807, 2.05) is 12.2 Å². The van der Waals surface area contributed by atoms with E-state index in [-0.39, 0.29) is 17.8 Å². The molecule has 0 saturated carbocycles. The first-order chi connectivity index (χ1) is 5.24. The topological polar surface area (TPSA) is 29.5 Å². The lowest BCUT2D eigenvalue weighted by Gasteiger charge is -2.25. The summed E-state index contributed by atoms with van der Waals surface area (Å²) in [7, 11) is 7.23. The molecule has 0 aromatic carbocycles. The van der Waals surface area contributed by atoms with Gasteiger partial charge in [-0.2, -0.15) is 0 Å². The van der Waals surface area contributed by atoms with E-state index in [2.05, 4.69) is 0 Å². The first kappa shape index (κ1) is 8.82. The molecular formula is C8H13BO2. The van der Waals surface area contributed by atoms with E-state index >= 15 is 0 Å². The summed E-state index contributed by atoms with van der Waals surface area (Å²) in [4.78, 5) is 0. The molecular weight excluding hydrogens is 139 g/mol.